The fraction of sp³-hybridized carbons (Fsp3) is 0.488. The number of sulfonamides is 1. The minimum Gasteiger partial charge on any atom is -0.406 e. The number of benzene rings is 2. The van der Waals surface area contributed by atoms with E-state index >= 15 is 0 Å². The molecule has 0 radical (unpaired) electrons. The Morgan fingerprint density at radius 3 is 2.31 bits per heavy atom. The van der Waals surface area contributed by atoms with Crippen LogP contribution in [0.4, 0.5) is 22.0 Å². The van der Waals surface area contributed by atoms with Gasteiger partial charge in [-0.05, 0) is 110 Å². The highest BCUT2D eigenvalue weighted by Gasteiger charge is 2.74. The minimum absolute atomic E-state index is 0.00547. The van der Waals surface area contributed by atoms with E-state index in [4.69, 9.17) is 0 Å². The van der Waals surface area contributed by atoms with E-state index in [1.807, 2.05) is 13.0 Å². The van der Waals surface area contributed by atoms with Gasteiger partial charge in [-0.1, -0.05) is 50.3 Å². The van der Waals surface area contributed by atoms with Crippen LogP contribution in [0, 0.1) is 45.1 Å². The molecule has 0 saturated heterocycles. The first-order valence-corrected chi connectivity index (χ1v) is 20.8. The normalized spacial score (nSPS) is 35.2. The summed E-state index contributed by atoms with van der Waals surface area (Å²) < 4.78 is 101. The van der Waals surface area contributed by atoms with Crippen molar-refractivity contribution in [1.82, 2.24) is 4.31 Å². The highest BCUT2D eigenvalue weighted by molar-refractivity contribution is 7.91. The van der Waals surface area contributed by atoms with Gasteiger partial charge in [0.1, 0.15) is 9.96 Å². The fourth-order valence-electron chi connectivity index (χ4n) is 11.4. The molecule has 55 heavy (non-hydrogen) atoms. The van der Waals surface area contributed by atoms with Crippen molar-refractivity contribution in [3.8, 4) is 5.75 Å². The summed E-state index contributed by atoms with van der Waals surface area (Å²) in [4.78, 5) is 14.7. The number of fused-ring (bicyclic) bond motifs is 1. The van der Waals surface area contributed by atoms with Crippen molar-refractivity contribution >= 4 is 27.1 Å². The first-order valence-electron chi connectivity index (χ1n) is 18.5. The van der Waals surface area contributed by atoms with E-state index in [9.17, 15) is 45.4 Å². The van der Waals surface area contributed by atoms with Crippen molar-refractivity contribution in [2.75, 3.05) is 6.54 Å². The van der Waals surface area contributed by atoms with Gasteiger partial charge in [0.2, 0.25) is 0 Å². The molecule has 294 valence electrons. The van der Waals surface area contributed by atoms with Crippen LogP contribution in [-0.2, 0) is 16.6 Å². The average molecular weight is 804 g/mol. The highest BCUT2D eigenvalue weighted by Crippen LogP contribution is 2.78. The molecule has 9 rings (SSSR count). The zero-order chi connectivity index (χ0) is 39.4. The number of hydrogen-bond donors (Lipinski definition) is 2. The topological polar surface area (TPSA) is 104 Å². The zero-order valence-corrected chi connectivity index (χ0v) is 31.9. The van der Waals surface area contributed by atoms with E-state index in [-0.39, 0.29) is 46.5 Å². The lowest BCUT2D eigenvalue weighted by Gasteiger charge is -2.71. The maximum atomic E-state index is 14.7. The van der Waals surface area contributed by atoms with Crippen molar-refractivity contribution in [2.24, 2.45) is 33.5 Å². The molecule has 6 aliphatic rings. The van der Waals surface area contributed by atoms with E-state index in [1.165, 1.54) is 28.6 Å². The summed E-state index contributed by atoms with van der Waals surface area (Å²) >= 11 is 1.01. The Hall–Kier alpha value is -3.43. The number of ketones is 1. The van der Waals surface area contributed by atoms with E-state index in [2.05, 4.69) is 23.8 Å². The number of rotatable bonds is 9. The number of Topliss-reactive ketones (excluding diaryl/α,β-unsaturated/α-hetero) is 1. The van der Waals surface area contributed by atoms with E-state index in [0.717, 1.165) is 35.6 Å². The third-order valence-corrected chi connectivity index (χ3v) is 17.3. The zero-order valence-electron chi connectivity index (χ0n) is 30.3. The summed E-state index contributed by atoms with van der Waals surface area (Å²) in [6.07, 6.45) is 4.05. The molecule has 3 aromatic rings. The Morgan fingerprint density at radius 1 is 0.945 bits per heavy atom. The summed E-state index contributed by atoms with van der Waals surface area (Å²) in [6, 6.07) is 11.1. The van der Waals surface area contributed by atoms with Gasteiger partial charge in [-0.2, -0.15) is 4.31 Å². The predicted octanol–water partition coefficient (Wildman–Crippen LogP) is 8.59. The lowest BCUT2D eigenvalue weighted by Crippen LogP contribution is -2.67. The van der Waals surface area contributed by atoms with Gasteiger partial charge in [-0.25, -0.2) is 17.2 Å². The maximum Gasteiger partial charge on any atom is 0.573 e. The number of thiophene rings is 1. The quantitative estimate of drug-likeness (QED) is 0.128. The highest BCUT2D eigenvalue weighted by atomic mass is 32.2. The lowest BCUT2D eigenvalue weighted by atomic mass is 9.32. The molecule has 2 N–H and O–H groups in total. The van der Waals surface area contributed by atoms with Crippen LogP contribution < -0.4 is 4.74 Å². The molecule has 3 fully saturated rings. The molecule has 8 atom stereocenters. The number of ether oxygens (including phenoxy) is 1. The smallest absolute Gasteiger partial charge is 0.406 e. The molecular formula is C41H42F5NO6S2. The Bertz CT molecular complexity index is 2190. The van der Waals surface area contributed by atoms with Crippen LogP contribution in [-0.4, -0.2) is 53.3 Å². The molecule has 6 aliphatic carbocycles. The van der Waals surface area contributed by atoms with E-state index in [1.54, 1.807) is 11.4 Å². The Labute approximate surface area is 320 Å². The number of aliphatic hydroxyl groups is 2. The maximum absolute atomic E-state index is 14.7. The molecule has 1 heterocycles. The second-order valence-electron chi connectivity index (χ2n) is 16.7. The molecule has 2 bridgehead atoms. The standard InChI is InChI=1S/C41H42F5NO6S2/c1-36-14-11-27(48)21-38(36)17-18-40(29(22-38)35(49)26-7-10-30(42)31(43)20-26)32(36)12-15-37(2)33(40)13-16-39(37,50)24-47(55(51,52)34-4-3-19-54-34)23-25-5-8-28(9-6-25)53-41(44,45)46/h3-10,17-20,22,27,32-33,48,50H,11-16,21,23-24H2,1-2H3. The molecule has 3 saturated carbocycles. The largest absolute Gasteiger partial charge is 0.573 e. The van der Waals surface area contributed by atoms with Gasteiger partial charge in [0, 0.05) is 40.5 Å². The van der Waals surface area contributed by atoms with Crippen molar-refractivity contribution in [3.05, 3.63) is 107 Å². The van der Waals surface area contributed by atoms with E-state index < -0.39 is 67.5 Å². The third-order valence-electron chi connectivity index (χ3n) is 14.2. The molecule has 2 aromatic carbocycles. The third kappa shape index (κ3) is 5.79. The first kappa shape index (κ1) is 38.4. The minimum atomic E-state index is -4.90. The summed E-state index contributed by atoms with van der Waals surface area (Å²) in [5, 5.41) is 25.5. The molecule has 0 amide bonds. The van der Waals surface area contributed by atoms with Crippen LogP contribution in [0.3, 0.4) is 0 Å². The van der Waals surface area contributed by atoms with Gasteiger partial charge >= 0.3 is 6.36 Å². The Kier molecular flexibility index (Phi) is 8.94. The number of halogens is 5. The Balaban J connectivity index is 1.20. The second-order valence-corrected chi connectivity index (χ2v) is 19.8. The van der Waals surface area contributed by atoms with Crippen molar-refractivity contribution < 1.29 is 50.1 Å². The second kappa shape index (κ2) is 12.8. The number of allylic oxidation sites excluding steroid dienone is 4. The Morgan fingerprint density at radius 2 is 1.64 bits per heavy atom. The monoisotopic (exact) mass is 803 g/mol. The number of nitrogens with zero attached hydrogens (tertiary/aromatic N) is 1. The SMILES string of the molecule is CC12CCC(O)CC13C=CC1(C(C(=O)c4ccc(F)c(F)c4)=C3)C2CCC2(C)C1CCC2(O)CN(Cc1ccc(OC(F)(F)F)cc1)S(=O)(=O)c1cccs1. The van der Waals surface area contributed by atoms with Gasteiger partial charge in [-0.15, -0.1) is 24.5 Å². The molecular weight excluding hydrogens is 762 g/mol. The summed E-state index contributed by atoms with van der Waals surface area (Å²) in [5.41, 5.74) is -3.71. The van der Waals surface area contributed by atoms with Gasteiger partial charge in [0.15, 0.2) is 17.4 Å². The fourth-order valence-corrected chi connectivity index (χ4v) is 14.1. The molecule has 1 aromatic heterocycles. The van der Waals surface area contributed by atoms with Crippen molar-refractivity contribution in [1.29, 1.82) is 0 Å². The van der Waals surface area contributed by atoms with E-state index in [0.29, 0.717) is 49.7 Å². The van der Waals surface area contributed by atoms with Crippen LogP contribution in [0.2, 0.25) is 0 Å². The molecule has 7 nitrogen and oxygen atoms in total. The van der Waals surface area contributed by atoms with Gasteiger partial charge in [0.25, 0.3) is 10.0 Å². The van der Waals surface area contributed by atoms with Gasteiger partial charge in [0.05, 0.1) is 11.7 Å². The number of aliphatic hydroxyl groups excluding tert-OH is 1. The molecule has 0 aliphatic heterocycles. The van der Waals surface area contributed by atoms with Gasteiger partial charge < -0.3 is 14.9 Å². The first-order chi connectivity index (χ1) is 25.8. The van der Waals surface area contributed by atoms with Gasteiger partial charge in [-0.3, -0.25) is 4.79 Å². The van der Waals surface area contributed by atoms with Crippen molar-refractivity contribution in [3.63, 3.8) is 0 Å². The number of alkyl halides is 3. The molecule has 8 unspecified atom stereocenters. The van der Waals surface area contributed by atoms with Crippen LogP contribution in [0.1, 0.15) is 74.7 Å². The van der Waals surface area contributed by atoms with Crippen molar-refractivity contribution in [2.45, 2.75) is 87.6 Å². The average Bonchev–Trinajstić information content (AvgIpc) is 3.76. The molecule has 2 spiro atoms. The summed E-state index contributed by atoms with van der Waals surface area (Å²) in [7, 11) is -4.21. The summed E-state index contributed by atoms with van der Waals surface area (Å²) in [5.74, 6) is -3.60. The lowest BCUT2D eigenvalue weighted by molar-refractivity contribution is -0.274. The number of carbonyl (C=O) groups is 1. The number of hydrogen-bond acceptors (Lipinski definition) is 7. The van der Waals surface area contributed by atoms with Crippen LogP contribution in [0.5, 0.6) is 5.75 Å². The van der Waals surface area contributed by atoms with Crippen LogP contribution >= 0.6 is 11.3 Å². The number of carbonyl (C=O) groups excluding carboxylic acids is 1. The van der Waals surface area contributed by atoms with Crippen LogP contribution in [0.25, 0.3) is 0 Å². The predicted molar refractivity (Wildman–Crippen MR) is 194 cm³/mol. The van der Waals surface area contributed by atoms with Crippen LogP contribution in [0.15, 0.2) is 88.0 Å². The summed E-state index contributed by atoms with van der Waals surface area (Å²) in [6.45, 7) is 3.59. The molecule has 14 heteroatoms.